The highest BCUT2D eigenvalue weighted by Gasteiger charge is 2.31. The highest BCUT2D eigenvalue weighted by atomic mass is 35.5. The van der Waals surface area contributed by atoms with Gasteiger partial charge in [0.15, 0.2) is 9.84 Å². The summed E-state index contributed by atoms with van der Waals surface area (Å²) in [6.45, 7) is 0. The van der Waals surface area contributed by atoms with E-state index >= 15 is 0 Å². The summed E-state index contributed by atoms with van der Waals surface area (Å²) in [7, 11) is -6.79. The van der Waals surface area contributed by atoms with Gasteiger partial charge in [-0.3, -0.25) is 0 Å². The Morgan fingerprint density at radius 3 is 2.33 bits per heavy atom. The highest BCUT2D eigenvalue weighted by molar-refractivity contribution is 7.92. The van der Waals surface area contributed by atoms with Gasteiger partial charge in [-0.05, 0) is 30.7 Å². The molecule has 1 atom stereocenters. The average Bonchev–Trinajstić information content (AvgIpc) is 2.57. The van der Waals surface area contributed by atoms with E-state index in [0.29, 0.717) is 11.4 Å². The van der Waals surface area contributed by atoms with E-state index in [1.54, 1.807) is 0 Å². The minimum absolute atomic E-state index is 0.0286. The molecule has 1 aliphatic heterocycles. The molecule has 1 heterocycles. The van der Waals surface area contributed by atoms with Crippen molar-refractivity contribution in [3.63, 3.8) is 0 Å². The van der Waals surface area contributed by atoms with Crippen LogP contribution in [0, 0.1) is 0 Å². The van der Waals surface area contributed by atoms with Crippen molar-refractivity contribution in [2.75, 3.05) is 11.5 Å². The molecule has 1 saturated heterocycles. The Balaban J connectivity index is 2.16. The van der Waals surface area contributed by atoms with Crippen LogP contribution in [0.15, 0.2) is 29.2 Å². The molecule has 0 saturated carbocycles. The highest BCUT2D eigenvalue weighted by Crippen LogP contribution is 2.17. The standard InChI is InChI=1S/C10H12ClNO4S2/c11-8-1-3-10(4-2-8)18(15,16)12-9-5-6-17(13,14)7-9/h1-4,9,12H,5-7H2/t9-/m1/s1. The van der Waals surface area contributed by atoms with Gasteiger partial charge in [0, 0.05) is 11.1 Å². The van der Waals surface area contributed by atoms with Gasteiger partial charge in [-0.25, -0.2) is 21.6 Å². The lowest BCUT2D eigenvalue weighted by Crippen LogP contribution is -2.35. The van der Waals surface area contributed by atoms with Gasteiger partial charge in [-0.1, -0.05) is 11.6 Å². The second-order valence-corrected chi connectivity index (χ2v) is 8.55. The summed E-state index contributed by atoms with van der Waals surface area (Å²) in [6, 6.07) is 5.17. The molecular formula is C10H12ClNO4S2. The number of sulfone groups is 1. The molecule has 1 aromatic carbocycles. The van der Waals surface area contributed by atoms with Crippen LogP contribution in [0.3, 0.4) is 0 Å². The van der Waals surface area contributed by atoms with Crippen molar-refractivity contribution >= 4 is 31.5 Å². The summed E-state index contributed by atoms with van der Waals surface area (Å²) in [5.41, 5.74) is 0. The normalized spacial score (nSPS) is 23.1. The minimum atomic E-state index is -3.68. The molecule has 100 valence electrons. The number of rotatable bonds is 3. The maximum atomic E-state index is 12.0. The van der Waals surface area contributed by atoms with Crippen molar-refractivity contribution < 1.29 is 16.8 Å². The zero-order chi connectivity index (χ0) is 13.4. The van der Waals surface area contributed by atoms with E-state index in [2.05, 4.69) is 4.72 Å². The number of hydrogen-bond acceptors (Lipinski definition) is 4. The molecule has 0 aliphatic carbocycles. The number of benzene rings is 1. The van der Waals surface area contributed by atoms with Crippen LogP contribution in [0.25, 0.3) is 0 Å². The van der Waals surface area contributed by atoms with Crippen LogP contribution >= 0.6 is 11.6 Å². The van der Waals surface area contributed by atoms with E-state index in [0.717, 1.165) is 0 Å². The van der Waals surface area contributed by atoms with Crippen LogP contribution in [0.1, 0.15) is 6.42 Å². The van der Waals surface area contributed by atoms with Crippen LogP contribution < -0.4 is 4.72 Å². The first-order chi connectivity index (χ1) is 8.28. The molecule has 1 N–H and O–H groups in total. The van der Waals surface area contributed by atoms with Crippen molar-refractivity contribution in [2.45, 2.75) is 17.4 Å². The summed E-state index contributed by atoms with van der Waals surface area (Å²) in [5.74, 6) is -0.110. The summed E-state index contributed by atoms with van der Waals surface area (Å²) in [4.78, 5) is 0.0798. The molecule has 1 aromatic rings. The fourth-order valence-electron chi connectivity index (χ4n) is 1.79. The first-order valence-corrected chi connectivity index (χ1v) is 8.95. The van der Waals surface area contributed by atoms with Gasteiger partial charge in [0.2, 0.25) is 10.0 Å². The Morgan fingerprint density at radius 2 is 1.83 bits per heavy atom. The lowest BCUT2D eigenvalue weighted by molar-refractivity contribution is 0.562. The first kappa shape index (κ1) is 13.8. The third-order valence-corrected chi connectivity index (χ3v) is 6.23. The topological polar surface area (TPSA) is 80.3 Å². The molecule has 8 heteroatoms. The molecule has 0 amide bonds. The van der Waals surface area contributed by atoms with E-state index in [1.165, 1.54) is 24.3 Å². The molecule has 0 bridgehead atoms. The van der Waals surface area contributed by atoms with Crippen LogP contribution in [0.4, 0.5) is 0 Å². The fraction of sp³-hybridized carbons (Fsp3) is 0.400. The van der Waals surface area contributed by atoms with Gasteiger partial charge in [-0.2, -0.15) is 0 Å². The molecule has 0 unspecified atom stereocenters. The van der Waals surface area contributed by atoms with Gasteiger partial charge in [-0.15, -0.1) is 0 Å². The second kappa shape index (κ2) is 4.80. The zero-order valence-electron chi connectivity index (χ0n) is 9.34. The number of nitrogens with one attached hydrogen (secondary N) is 1. The van der Waals surface area contributed by atoms with Gasteiger partial charge >= 0.3 is 0 Å². The monoisotopic (exact) mass is 309 g/mol. The lowest BCUT2D eigenvalue weighted by Gasteiger charge is -2.11. The van der Waals surface area contributed by atoms with Crippen molar-refractivity contribution in [2.24, 2.45) is 0 Å². The summed E-state index contributed by atoms with van der Waals surface area (Å²) in [6.07, 6.45) is 0.315. The largest absolute Gasteiger partial charge is 0.240 e. The van der Waals surface area contributed by atoms with Crippen LogP contribution in [-0.4, -0.2) is 34.4 Å². The molecule has 5 nitrogen and oxygen atoms in total. The van der Waals surface area contributed by atoms with E-state index in [1.807, 2.05) is 0 Å². The van der Waals surface area contributed by atoms with E-state index in [9.17, 15) is 16.8 Å². The molecule has 0 spiro atoms. The Labute approximate surface area is 111 Å². The molecule has 0 radical (unpaired) electrons. The SMILES string of the molecule is O=S1(=O)CC[C@@H](NS(=O)(=O)c2ccc(Cl)cc2)C1. The predicted octanol–water partition coefficient (Wildman–Crippen LogP) is 0.805. The molecule has 1 aliphatic rings. The first-order valence-electron chi connectivity index (χ1n) is 5.27. The molecular weight excluding hydrogens is 298 g/mol. The molecule has 2 rings (SSSR count). The second-order valence-electron chi connectivity index (χ2n) is 4.18. The lowest BCUT2D eigenvalue weighted by atomic mass is 10.3. The maximum absolute atomic E-state index is 12.0. The predicted molar refractivity (Wildman–Crippen MR) is 68.8 cm³/mol. The third kappa shape index (κ3) is 3.23. The molecule has 0 aromatic heterocycles. The zero-order valence-corrected chi connectivity index (χ0v) is 11.7. The van der Waals surface area contributed by atoms with Crippen molar-refractivity contribution in [3.05, 3.63) is 29.3 Å². The number of sulfonamides is 1. The van der Waals surface area contributed by atoms with Crippen LogP contribution in [0.5, 0.6) is 0 Å². The van der Waals surface area contributed by atoms with Crippen molar-refractivity contribution in [3.8, 4) is 0 Å². The van der Waals surface area contributed by atoms with Gasteiger partial charge in [0.1, 0.15) is 0 Å². The van der Waals surface area contributed by atoms with E-state index in [-0.39, 0.29) is 16.4 Å². The summed E-state index contributed by atoms with van der Waals surface area (Å²) >= 11 is 5.67. The number of halogens is 1. The quantitative estimate of drug-likeness (QED) is 0.896. The minimum Gasteiger partial charge on any atom is -0.229 e. The Morgan fingerprint density at radius 1 is 1.22 bits per heavy atom. The smallest absolute Gasteiger partial charge is 0.229 e. The third-order valence-electron chi connectivity index (χ3n) is 2.68. The van der Waals surface area contributed by atoms with Crippen molar-refractivity contribution in [1.29, 1.82) is 0 Å². The Hall–Kier alpha value is -0.630. The van der Waals surface area contributed by atoms with E-state index < -0.39 is 25.9 Å². The van der Waals surface area contributed by atoms with Gasteiger partial charge in [0.05, 0.1) is 16.4 Å². The Kier molecular flexibility index (Phi) is 3.68. The van der Waals surface area contributed by atoms with Gasteiger partial charge in [0.25, 0.3) is 0 Å². The van der Waals surface area contributed by atoms with Crippen LogP contribution in [-0.2, 0) is 19.9 Å². The van der Waals surface area contributed by atoms with Gasteiger partial charge < -0.3 is 0 Å². The van der Waals surface area contributed by atoms with Crippen molar-refractivity contribution in [1.82, 2.24) is 4.72 Å². The van der Waals surface area contributed by atoms with E-state index in [4.69, 9.17) is 11.6 Å². The summed E-state index contributed by atoms with van der Waals surface area (Å²) in [5, 5.41) is 0.442. The number of hydrogen-bond donors (Lipinski definition) is 1. The Bertz CT molecular complexity index is 637. The summed E-state index contributed by atoms with van der Waals surface area (Å²) < 4.78 is 48.8. The average molecular weight is 310 g/mol. The molecule has 1 fully saturated rings. The van der Waals surface area contributed by atoms with Crippen LogP contribution in [0.2, 0.25) is 5.02 Å². The maximum Gasteiger partial charge on any atom is 0.240 e. The molecule has 18 heavy (non-hydrogen) atoms. The fourth-order valence-corrected chi connectivity index (χ4v) is 4.96.